The standard InChI is InChI=1S/C44H38O/c1-5-15-35(16-6-1)23-13-25-41-33-39(31-37-19-9-3-10-20-37)27-29-43(41)45-44-30-28-40(32-38-21-11-4-12-22-38)34-42(44)26-14-24-36-17-7-2-8-18-36/h1-22,25-30,33-34H,23-24,31-32H2. The predicted molar refractivity (Wildman–Crippen MR) is 190 cm³/mol. The Balaban J connectivity index is 1.30. The van der Waals surface area contributed by atoms with Crippen molar-refractivity contribution in [3.63, 3.8) is 0 Å². The molecule has 0 saturated carbocycles. The molecule has 0 saturated heterocycles. The highest BCUT2D eigenvalue weighted by Gasteiger charge is 2.10. The Hall–Kier alpha value is -5.40. The number of hydrogen-bond acceptors (Lipinski definition) is 1. The first-order chi connectivity index (χ1) is 22.3. The van der Waals surface area contributed by atoms with Crippen LogP contribution in [0.1, 0.15) is 44.5 Å². The first kappa shape index (κ1) is 29.7. The summed E-state index contributed by atoms with van der Waals surface area (Å²) in [5, 5.41) is 0. The Morgan fingerprint density at radius 2 is 0.711 bits per heavy atom. The highest BCUT2D eigenvalue weighted by atomic mass is 16.5. The van der Waals surface area contributed by atoms with Crippen molar-refractivity contribution in [1.82, 2.24) is 0 Å². The lowest BCUT2D eigenvalue weighted by atomic mass is 10.0. The Morgan fingerprint density at radius 1 is 0.356 bits per heavy atom. The second-order valence-electron chi connectivity index (χ2n) is 11.4. The molecular formula is C44H38O. The van der Waals surface area contributed by atoms with Gasteiger partial charge in [-0.1, -0.05) is 158 Å². The number of benzene rings is 6. The van der Waals surface area contributed by atoms with Crippen LogP contribution in [0.4, 0.5) is 0 Å². The highest BCUT2D eigenvalue weighted by molar-refractivity contribution is 5.63. The van der Waals surface area contributed by atoms with Crippen molar-refractivity contribution in [2.24, 2.45) is 0 Å². The van der Waals surface area contributed by atoms with E-state index in [1.165, 1.54) is 33.4 Å². The van der Waals surface area contributed by atoms with E-state index in [1.807, 2.05) is 0 Å². The molecule has 6 rings (SSSR count). The van der Waals surface area contributed by atoms with Gasteiger partial charge < -0.3 is 4.74 Å². The smallest absolute Gasteiger partial charge is 0.134 e. The Kier molecular flexibility index (Phi) is 10.1. The van der Waals surface area contributed by atoms with Gasteiger partial charge in [0, 0.05) is 11.1 Å². The van der Waals surface area contributed by atoms with Gasteiger partial charge in [0.2, 0.25) is 0 Å². The summed E-state index contributed by atoms with van der Waals surface area (Å²) >= 11 is 0. The van der Waals surface area contributed by atoms with Crippen molar-refractivity contribution in [2.45, 2.75) is 25.7 Å². The van der Waals surface area contributed by atoms with Crippen molar-refractivity contribution in [1.29, 1.82) is 0 Å². The molecule has 0 aliphatic carbocycles. The van der Waals surface area contributed by atoms with Crippen LogP contribution in [-0.4, -0.2) is 0 Å². The summed E-state index contributed by atoms with van der Waals surface area (Å²) in [5.41, 5.74) is 9.84. The Labute approximate surface area is 267 Å². The minimum absolute atomic E-state index is 0.852. The summed E-state index contributed by atoms with van der Waals surface area (Å²) in [6, 6.07) is 55.5. The molecule has 0 atom stereocenters. The van der Waals surface area contributed by atoms with Crippen LogP contribution in [0.25, 0.3) is 12.2 Å². The summed E-state index contributed by atoms with van der Waals surface area (Å²) in [6.07, 6.45) is 12.3. The maximum Gasteiger partial charge on any atom is 0.134 e. The fourth-order valence-corrected chi connectivity index (χ4v) is 5.52. The summed E-state index contributed by atoms with van der Waals surface area (Å²) in [6.45, 7) is 0. The molecule has 1 heteroatoms. The molecule has 45 heavy (non-hydrogen) atoms. The maximum atomic E-state index is 6.75. The monoisotopic (exact) mass is 582 g/mol. The maximum absolute atomic E-state index is 6.75. The van der Waals surface area contributed by atoms with E-state index >= 15 is 0 Å². The van der Waals surface area contributed by atoms with E-state index in [4.69, 9.17) is 4.74 Å². The molecule has 0 fully saturated rings. The van der Waals surface area contributed by atoms with Gasteiger partial charge in [-0.2, -0.15) is 0 Å². The van der Waals surface area contributed by atoms with E-state index < -0.39 is 0 Å². The lowest BCUT2D eigenvalue weighted by Crippen LogP contribution is -1.95. The van der Waals surface area contributed by atoms with E-state index in [-0.39, 0.29) is 0 Å². The molecule has 0 aliphatic heterocycles. The van der Waals surface area contributed by atoms with Crippen LogP contribution in [0.3, 0.4) is 0 Å². The second kappa shape index (κ2) is 15.4. The fourth-order valence-electron chi connectivity index (χ4n) is 5.52. The molecule has 0 radical (unpaired) electrons. The zero-order valence-corrected chi connectivity index (χ0v) is 25.6. The molecule has 0 spiro atoms. The first-order valence-electron chi connectivity index (χ1n) is 15.7. The quantitative estimate of drug-likeness (QED) is 0.139. The van der Waals surface area contributed by atoms with E-state index in [0.717, 1.165) is 48.3 Å². The normalized spacial score (nSPS) is 11.3. The van der Waals surface area contributed by atoms with Gasteiger partial charge in [-0.25, -0.2) is 0 Å². The van der Waals surface area contributed by atoms with E-state index in [9.17, 15) is 0 Å². The number of ether oxygens (including phenoxy) is 1. The minimum Gasteiger partial charge on any atom is -0.456 e. The van der Waals surface area contributed by atoms with Crippen LogP contribution in [0.5, 0.6) is 11.5 Å². The lowest BCUT2D eigenvalue weighted by molar-refractivity contribution is 0.480. The van der Waals surface area contributed by atoms with Crippen LogP contribution in [-0.2, 0) is 25.7 Å². The van der Waals surface area contributed by atoms with Gasteiger partial charge in [-0.15, -0.1) is 0 Å². The molecule has 0 bridgehead atoms. The average Bonchev–Trinajstić information content (AvgIpc) is 3.09. The van der Waals surface area contributed by atoms with Crippen LogP contribution in [0.15, 0.2) is 170 Å². The van der Waals surface area contributed by atoms with Gasteiger partial charge in [-0.3, -0.25) is 0 Å². The molecule has 0 aromatic heterocycles. The lowest BCUT2D eigenvalue weighted by Gasteiger charge is -2.15. The molecule has 0 amide bonds. The van der Waals surface area contributed by atoms with Crippen LogP contribution in [0.2, 0.25) is 0 Å². The SMILES string of the molecule is C(=Cc1cc(Cc2ccccc2)ccc1Oc1ccc(Cc2ccccc2)cc1C=CCc1ccccc1)Cc1ccccc1. The summed E-state index contributed by atoms with van der Waals surface area (Å²) in [5.74, 6) is 1.70. The van der Waals surface area contributed by atoms with Gasteiger partial charge in [-0.05, 0) is 83.3 Å². The van der Waals surface area contributed by atoms with Crippen molar-refractivity contribution >= 4 is 12.2 Å². The number of allylic oxidation sites excluding steroid dienone is 2. The van der Waals surface area contributed by atoms with Crippen molar-refractivity contribution < 1.29 is 4.74 Å². The molecule has 0 N–H and O–H groups in total. The highest BCUT2D eigenvalue weighted by Crippen LogP contribution is 2.32. The van der Waals surface area contributed by atoms with E-state index in [0.29, 0.717) is 0 Å². The topological polar surface area (TPSA) is 9.23 Å². The Morgan fingerprint density at radius 3 is 1.09 bits per heavy atom. The number of rotatable bonds is 12. The van der Waals surface area contributed by atoms with Crippen molar-refractivity contribution in [2.75, 3.05) is 0 Å². The fraction of sp³-hybridized carbons (Fsp3) is 0.0909. The molecule has 0 aliphatic rings. The zero-order valence-electron chi connectivity index (χ0n) is 25.6. The first-order valence-corrected chi connectivity index (χ1v) is 15.7. The number of hydrogen-bond donors (Lipinski definition) is 0. The van der Waals surface area contributed by atoms with Gasteiger partial charge >= 0.3 is 0 Å². The second-order valence-corrected chi connectivity index (χ2v) is 11.4. The van der Waals surface area contributed by atoms with E-state index in [2.05, 4.69) is 182 Å². The molecule has 220 valence electrons. The zero-order chi connectivity index (χ0) is 30.5. The van der Waals surface area contributed by atoms with Crippen LogP contribution in [0, 0.1) is 0 Å². The van der Waals surface area contributed by atoms with E-state index in [1.54, 1.807) is 0 Å². The Bertz CT molecular complexity index is 1700. The molecule has 0 heterocycles. The third-order valence-electron chi connectivity index (χ3n) is 7.86. The van der Waals surface area contributed by atoms with Gasteiger partial charge in [0.1, 0.15) is 11.5 Å². The van der Waals surface area contributed by atoms with Crippen LogP contribution >= 0.6 is 0 Å². The van der Waals surface area contributed by atoms with Gasteiger partial charge in [0.25, 0.3) is 0 Å². The average molecular weight is 583 g/mol. The predicted octanol–water partition coefficient (Wildman–Crippen LogP) is 11.2. The van der Waals surface area contributed by atoms with Crippen LogP contribution < -0.4 is 4.74 Å². The summed E-state index contributed by atoms with van der Waals surface area (Å²) < 4.78 is 6.75. The molecule has 6 aromatic carbocycles. The molecule has 0 unspecified atom stereocenters. The van der Waals surface area contributed by atoms with Crippen molar-refractivity contribution in [3.05, 3.63) is 214 Å². The van der Waals surface area contributed by atoms with Gasteiger partial charge in [0.05, 0.1) is 0 Å². The van der Waals surface area contributed by atoms with Gasteiger partial charge in [0.15, 0.2) is 0 Å². The molecule has 1 nitrogen and oxygen atoms in total. The third-order valence-corrected chi connectivity index (χ3v) is 7.86. The summed E-state index contributed by atoms with van der Waals surface area (Å²) in [7, 11) is 0. The van der Waals surface area contributed by atoms with Crippen molar-refractivity contribution in [3.8, 4) is 11.5 Å². The summed E-state index contributed by atoms with van der Waals surface area (Å²) in [4.78, 5) is 0. The largest absolute Gasteiger partial charge is 0.456 e. The minimum atomic E-state index is 0.852. The molecular weight excluding hydrogens is 544 g/mol. The molecule has 6 aromatic rings. The third kappa shape index (κ3) is 8.81.